The summed E-state index contributed by atoms with van der Waals surface area (Å²) in [7, 11) is 3.16. The summed E-state index contributed by atoms with van der Waals surface area (Å²) in [5.74, 6) is 2.20. The fourth-order valence-corrected chi connectivity index (χ4v) is 3.15. The molecule has 4 aromatic rings. The molecule has 0 fully saturated rings. The number of rotatable bonds is 7. The predicted molar refractivity (Wildman–Crippen MR) is 114 cm³/mol. The minimum Gasteiger partial charge on any atom is -0.493 e. The van der Waals surface area contributed by atoms with Gasteiger partial charge in [0.2, 0.25) is 5.95 Å². The summed E-state index contributed by atoms with van der Waals surface area (Å²) in [4.78, 5) is 25.5. The highest BCUT2D eigenvalue weighted by atomic mass is 16.5. The maximum Gasteiger partial charge on any atom is 0.255 e. The number of nitrogens with two attached hydrogens (primary N) is 1. The second-order valence-electron chi connectivity index (χ2n) is 6.70. The molecule has 0 aliphatic carbocycles. The van der Waals surface area contributed by atoms with E-state index in [0.29, 0.717) is 36.1 Å². The molecule has 3 aromatic heterocycles. The number of aromatic nitrogens is 6. The Labute approximate surface area is 177 Å². The van der Waals surface area contributed by atoms with Gasteiger partial charge in [-0.1, -0.05) is 12.1 Å². The van der Waals surface area contributed by atoms with Crippen molar-refractivity contribution in [3.63, 3.8) is 0 Å². The van der Waals surface area contributed by atoms with Gasteiger partial charge >= 0.3 is 0 Å². The highest BCUT2D eigenvalue weighted by Crippen LogP contribution is 2.28. The third-order valence-electron chi connectivity index (χ3n) is 4.64. The van der Waals surface area contributed by atoms with Crippen LogP contribution in [0.5, 0.6) is 11.5 Å². The van der Waals surface area contributed by atoms with Crippen LogP contribution in [0.3, 0.4) is 0 Å². The average molecular weight is 419 g/mol. The van der Waals surface area contributed by atoms with Crippen LogP contribution in [0.25, 0.3) is 5.82 Å². The van der Waals surface area contributed by atoms with Gasteiger partial charge in [0, 0.05) is 18.7 Å². The molecular weight excluding hydrogens is 398 g/mol. The predicted octanol–water partition coefficient (Wildman–Crippen LogP) is 1.46. The molecule has 2 N–H and O–H groups in total. The van der Waals surface area contributed by atoms with E-state index in [1.165, 1.54) is 21.6 Å². The summed E-state index contributed by atoms with van der Waals surface area (Å²) in [5, 5.41) is 4.21. The van der Waals surface area contributed by atoms with Crippen molar-refractivity contribution in [2.24, 2.45) is 0 Å². The van der Waals surface area contributed by atoms with E-state index < -0.39 is 0 Å². The Hall–Kier alpha value is -4.21. The number of methoxy groups -OCH3 is 2. The average Bonchev–Trinajstić information content (AvgIpc) is 3.15. The minimum atomic E-state index is -0.234. The molecule has 10 nitrogen and oxygen atoms in total. The minimum absolute atomic E-state index is 0.0925. The Bertz CT molecular complexity index is 1250. The summed E-state index contributed by atoms with van der Waals surface area (Å²) in [5.41, 5.74) is 7.27. The molecular formula is C21H21N7O3. The monoisotopic (exact) mass is 419 g/mol. The van der Waals surface area contributed by atoms with Crippen LogP contribution >= 0.6 is 0 Å². The number of nitrogen functional groups attached to an aromatic ring is 1. The van der Waals surface area contributed by atoms with Crippen LogP contribution in [-0.2, 0) is 13.0 Å². The fourth-order valence-electron chi connectivity index (χ4n) is 3.15. The Morgan fingerprint density at radius 3 is 2.58 bits per heavy atom. The number of nitrogens with zero attached hydrogens (tertiary/aromatic N) is 6. The Morgan fingerprint density at radius 2 is 1.87 bits per heavy atom. The quantitative estimate of drug-likeness (QED) is 0.478. The first-order valence-electron chi connectivity index (χ1n) is 9.46. The lowest BCUT2D eigenvalue weighted by Gasteiger charge is -2.10. The lowest BCUT2D eigenvalue weighted by atomic mass is 10.1. The molecule has 3 heterocycles. The largest absolute Gasteiger partial charge is 0.493 e. The van der Waals surface area contributed by atoms with E-state index in [1.54, 1.807) is 20.4 Å². The van der Waals surface area contributed by atoms with Gasteiger partial charge < -0.3 is 15.2 Å². The van der Waals surface area contributed by atoms with Crippen LogP contribution < -0.4 is 20.8 Å². The zero-order valence-electron chi connectivity index (χ0n) is 17.1. The zero-order chi connectivity index (χ0) is 21.8. The molecule has 0 aliphatic heterocycles. The second kappa shape index (κ2) is 8.66. The molecule has 31 heavy (non-hydrogen) atoms. The highest BCUT2D eigenvalue weighted by Gasteiger charge is 2.14. The van der Waals surface area contributed by atoms with E-state index in [9.17, 15) is 4.79 Å². The summed E-state index contributed by atoms with van der Waals surface area (Å²) >= 11 is 0. The molecule has 0 saturated carbocycles. The number of benzene rings is 1. The first-order valence-corrected chi connectivity index (χ1v) is 9.46. The summed E-state index contributed by atoms with van der Waals surface area (Å²) in [6, 6.07) is 12.5. The van der Waals surface area contributed by atoms with Crippen LogP contribution in [0.2, 0.25) is 0 Å². The van der Waals surface area contributed by atoms with Gasteiger partial charge in [-0.3, -0.25) is 14.3 Å². The van der Waals surface area contributed by atoms with Gasteiger partial charge in [0.15, 0.2) is 17.3 Å². The van der Waals surface area contributed by atoms with E-state index in [0.717, 1.165) is 11.3 Å². The number of ether oxygens (including phenoxy) is 2. The standard InChI is InChI=1S/C21H21N7O3/c1-30-16-7-6-14(9-17(16)31-2)10-19-25-21(22)26-28(19)18-11-20(29)27(13-24-18)12-15-5-3-4-8-23-15/h3-9,11,13H,10,12H2,1-2H3,(H2,22,26). The smallest absolute Gasteiger partial charge is 0.255 e. The maximum atomic E-state index is 12.6. The molecule has 0 unspecified atom stereocenters. The summed E-state index contributed by atoms with van der Waals surface area (Å²) in [6.07, 6.45) is 3.55. The van der Waals surface area contributed by atoms with E-state index in [1.807, 2.05) is 36.4 Å². The van der Waals surface area contributed by atoms with Crippen LogP contribution in [0, 0.1) is 0 Å². The van der Waals surface area contributed by atoms with Gasteiger partial charge in [-0.25, -0.2) is 4.98 Å². The first-order chi connectivity index (χ1) is 15.1. The van der Waals surface area contributed by atoms with Gasteiger partial charge in [0.1, 0.15) is 12.2 Å². The molecule has 0 saturated heterocycles. The van der Waals surface area contributed by atoms with E-state index in [-0.39, 0.29) is 11.5 Å². The van der Waals surface area contributed by atoms with Gasteiger partial charge in [-0.15, -0.1) is 5.10 Å². The summed E-state index contributed by atoms with van der Waals surface area (Å²) < 4.78 is 13.6. The lowest BCUT2D eigenvalue weighted by molar-refractivity contribution is 0.354. The van der Waals surface area contributed by atoms with Crippen LogP contribution in [0.15, 0.2) is 59.8 Å². The van der Waals surface area contributed by atoms with E-state index in [2.05, 4.69) is 20.1 Å². The molecule has 10 heteroatoms. The molecule has 0 spiro atoms. The maximum absolute atomic E-state index is 12.6. The molecule has 158 valence electrons. The number of hydrogen-bond acceptors (Lipinski definition) is 8. The van der Waals surface area contributed by atoms with Crippen LogP contribution in [0.1, 0.15) is 17.1 Å². The lowest BCUT2D eigenvalue weighted by Crippen LogP contribution is -2.22. The van der Waals surface area contributed by atoms with Crippen LogP contribution in [0.4, 0.5) is 5.95 Å². The molecule has 0 aliphatic rings. The molecule has 0 radical (unpaired) electrons. The van der Waals surface area contributed by atoms with Crippen molar-refractivity contribution in [2.45, 2.75) is 13.0 Å². The molecule has 1 aromatic carbocycles. The topological polar surface area (TPSA) is 123 Å². The molecule has 0 atom stereocenters. The van der Waals surface area contributed by atoms with Crippen LogP contribution in [-0.4, -0.2) is 43.5 Å². The van der Waals surface area contributed by atoms with Gasteiger partial charge in [0.05, 0.1) is 26.5 Å². The van der Waals surface area contributed by atoms with Crippen molar-refractivity contribution in [3.8, 4) is 17.3 Å². The van der Waals surface area contributed by atoms with Crippen molar-refractivity contribution in [1.82, 2.24) is 29.3 Å². The summed E-state index contributed by atoms with van der Waals surface area (Å²) in [6.45, 7) is 0.324. The van der Waals surface area contributed by atoms with Crippen molar-refractivity contribution < 1.29 is 9.47 Å². The van der Waals surface area contributed by atoms with Gasteiger partial charge in [-0.2, -0.15) is 9.67 Å². The van der Waals surface area contributed by atoms with Gasteiger partial charge in [-0.05, 0) is 29.8 Å². The van der Waals surface area contributed by atoms with Crippen molar-refractivity contribution in [1.29, 1.82) is 0 Å². The Balaban J connectivity index is 1.63. The Kier molecular flexibility index (Phi) is 5.61. The number of anilines is 1. The highest BCUT2D eigenvalue weighted by molar-refractivity contribution is 5.44. The molecule has 0 amide bonds. The molecule has 4 rings (SSSR count). The molecule has 0 bridgehead atoms. The van der Waals surface area contributed by atoms with Crippen molar-refractivity contribution in [3.05, 3.63) is 82.4 Å². The Morgan fingerprint density at radius 1 is 1.03 bits per heavy atom. The van der Waals surface area contributed by atoms with Crippen molar-refractivity contribution >= 4 is 5.95 Å². The van der Waals surface area contributed by atoms with E-state index >= 15 is 0 Å². The SMILES string of the molecule is COc1ccc(Cc2nc(N)nn2-c2cc(=O)n(Cc3ccccn3)cn2)cc1OC. The normalized spacial score (nSPS) is 10.8. The first kappa shape index (κ1) is 20.1. The number of pyridine rings is 1. The van der Waals surface area contributed by atoms with Gasteiger partial charge in [0.25, 0.3) is 5.56 Å². The zero-order valence-corrected chi connectivity index (χ0v) is 17.1. The number of hydrogen-bond donors (Lipinski definition) is 1. The van der Waals surface area contributed by atoms with E-state index in [4.69, 9.17) is 15.2 Å². The third-order valence-corrected chi connectivity index (χ3v) is 4.64. The fraction of sp³-hybridized carbons (Fsp3) is 0.190. The second-order valence-corrected chi connectivity index (χ2v) is 6.70. The van der Waals surface area contributed by atoms with Crippen molar-refractivity contribution in [2.75, 3.05) is 20.0 Å². The third kappa shape index (κ3) is 4.37.